The molecule has 1 atom stereocenters. The number of nitrogens with zero attached hydrogens (tertiary/aromatic N) is 1. The number of aryl methyl sites for hydroxylation is 1. The van der Waals surface area contributed by atoms with E-state index in [-0.39, 0.29) is 11.9 Å². The van der Waals surface area contributed by atoms with Gasteiger partial charge in [0.25, 0.3) is 0 Å². The molecule has 94 valence electrons. The van der Waals surface area contributed by atoms with Crippen molar-refractivity contribution in [3.63, 3.8) is 0 Å². The maximum Gasteiger partial charge on any atom is 0.221 e. The summed E-state index contributed by atoms with van der Waals surface area (Å²) in [7, 11) is 0. The largest absolute Gasteiger partial charge is 0.465 e. The standard InChI is InChI=1S/C12H19N3O2/c1-9-2-3-11(17-9)10(8-13)15-6-4-12(16)14-5-7-15/h2-3,10H,4-8,13H2,1H3,(H,14,16). The van der Waals surface area contributed by atoms with Crippen molar-refractivity contribution in [1.82, 2.24) is 10.2 Å². The van der Waals surface area contributed by atoms with Crippen molar-refractivity contribution in [2.24, 2.45) is 5.73 Å². The van der Waals surface area contributed by atoms with Crippen LogP contribution in [-0.4, -0.2) is 37.0 Å². The van der Waals surface area contributed by atoms with Gasteiger partial charge in [0, 0.05) is 32.6 Å². The van der Waals surface area contributed by atoms with E-state index >= 15 is 0 Å². The number of nitrogens with two attached hydrogens (primary N) is 1. The van der Waals surface area contributed by atoms with E-state index in [1.54, 1.807) is 0 Å². The Balaban J connectivity index is 2.09. The Labute approximate surface area is 101 Å². The van der Waals surface area contributed by atoms with E-state index in [2.05, 4.69) is 10.2 Å². The van der Waals surface area contributed by atoms with Crippen LogP contribution in [0, 0.1) is 6.92 Å². The van der Waals surface area contributed by atoms with Crippen LogP contribution in [0.1, 0.15) is 24.0 Å². The van der Waals surface area contributed by atoms with E-state index < -0.39 is 0 Å². The predicted molar refractivity (Wildman–Crippen MR) is 64.4 cm³/mol. The minimum Gasteiger partial charge on any atom is -0.465 e. The Morgan fingerprint density at radius 1 is 1.53 bits per heavy atom. The maximum absolute atomic E-state index is 11.3. The molecule has 5 heteroatoms. The predicted octanol–water partition coefficient (Wildman–Crippen LogP) is 0.410. The van der Waals surface area contributed by atoms with Gasteiger partial charge in [0.1, 0.15) is 11.5 Å². The van der Waals surface area contributed by atoms with Gasteiger partial charge in [-0.15, -0.1) is 0 Å². The van der Waals surface area contributed by atoms with Crippen LogP contribution in [0.25, 0.3) is 0 Å². The third-order valence-corrected chi connectivity index (χ3v) is 3.10. The minimum absolute atomic E-state index is 0.0661. The van der Waals surface area contributed by atoms with Crippen LogP contribution in [0.5, 0.6) is 0 Å². The Morgan fingerprint density at radius 2 is 2.35 bits per heavy atom. The quantitative estimate of drug-likeness (QED) is 0.798. The van der Waals surface area contributed by atoms with Crippen LogP contribution in [0.4, 0.5) is 0 Å². The molecule has 3 N–H and O–H groups in total. The number of hydrogen-bond donors (Lipinski definition) is 2. The molecule has 1 aliphatic rings. The molecular formula is C12H19N3O2. The van der Waals surface area contributed by atoms with Crippen LogP contribution in [0.15, 0.2) is 16.5 Å². The van der Waals surface area contributed by atoms with Crippen molar-refractivity contribution in [1.29, 1.82) is 0 Å². The molecule has 2 rings (SSSR count). The highest BCUT2D eigenvalue weighted by atomic mass is 16.3. The summed E-state index contributed by atoms with van der Waals surface area (Å²) in [4.78, 5) is 13.5. The van der Waals surface area contributed by atoms with Crippen LogP contribution in [-0.2, 0) is 4.79 Å². The summed E-state index contributed by atoms with van der Waals surface area (Å²) >= 11 is 0. The molecule has 1 aliphatic heterocycles. The molecule has 1 amide bonds. The third-order valence-electron chi connectivity index (χ3n) is 3.10. The molecule has 17 heavy (non-hydrogen) atoms. The van der Waals surface area contributed by atoms with Crippen LogP contribution in [0.2, 0.25) is 0 Å². The SMILES string of the molecule is Cc1ccc(C(CN)N2CCNC(=O)CC2)o1. The number of furan rings is 1. The summed E-state index contributed by atoms with van der Waals surface area (Å²) in [5.74, 6) is 1.89. The van der Waals surface area contributed by atoms with E-state index in [0.29, 0.717) is 19.5 Å². The molecule has 2 heterocycles. The fourth-order valence-corrected chi connectivity index (χ4v) is 2.17. The molecule has 1 saturated heterocycles. The molecule has 1 unspecified atom stereocenters. The molecule has 1 fully saturated rings. The van der Waals surface area contributed by atoms with Crippen LogP contribution in [0.3, 0.4) is 0 Å². The summed E-state index contributed by atoms with van der Waals surface area (Å²) in [6, 6.07) is 3.98. The first-order valence-electron chi connectivity index (χ1n) is 5.98. The van der Waals surface area contributed by atoms with Crippen molar-refractivity contribution in [2.45, 2.75) is 19.4 Å². The first kappa shape index (κ1) is 12.1. The Bertz CT molecular complexity index is 389. The fourth-order valence-electron chi connectivity index (χ4n) is 2.17. The highest BCUT2D eigenvalue weighted by Crippen LogP contribution is 2.22. The monoisotopic (exact) mass is 237 g/mol. The van der Waals surface area contributed by atoms with Crippen molar-refractivity contribution in [2.75, 3.05) is 26.2 Å². The molecule has 0 aliphatic carbocycles. The summed E-state index contributed by atoms with van der Waals surface area (Å²) in [5.41, 5.74) is 5.82. The van der Waals surface area contributed by atoms with E-state index in [4.69, 9.17) is 10.2 Å². The lowest BCUT2D eigenvalue weighted by Crippen LogP contribution is -2.36. The van der Waals surface area contributed by atoms with Crippen LogP contribution < -0.4 is 11.1 Å². The number of hydrogen-bond acceptors (Lipinski definition) is 4. The number of nitrogens with one attached hydrogen (secondary N) is 1. The minimum atomic E-state index is 0.0661. The summed E-state index contributed by atoms with van der Waals surface area (Å²) in [6.45, 7) is 4.64. The first-order valence-corrected chi connectivity index (χ1v) is 5.98. The first-order chi connectivity index (χ1) is 8.20. The molecule has 1 aromatic rings. The number of rotatable bonds is 3. The van der Waals surface area contributed by atoms with Gasteiger partial charge in [-0.3, -0.25) is 9.69 Å². The molecule has 1 aromatic heterocycles. The lowest BCUT2D eigenvalue weighted by Gasteiger charge is -2.27. The van der Waals surface area contributed by atoms with Gasteiger partial charge in [0.2, 0.25) is 5.91 Å². The number of amides is 1. The van der Waals surface area contributed by atoms with Crippen molar-refractivity contribution in [3.05, 3.63) is 23.7 Å². The zero-order valence-corrected chi connectivity index (χ0v) is 10.1. The number of carbonyl (C=O) groups excluding carboxylic acids is 1. The lowest BCUT2D eigenvalue weighted by molar-refractivity contribution is -0.120. The maximum atomic E-state index is 11.3. The normalized spacial score (nSPS) is 19.8. The van der Waals surface area contributed by atoms with Gasteiger partial charge in [-0.1, -0.05) is 0 Å². The van der Waals surface area contributed by atoms with E-state index in [0.717, 1.165) is 24.6 Å². The van der Waals surface area contributed by atoms with Crippen LogP contribution >= 0.6 is 0 Å². The van der Waals surface area contributed by atoms with E-state index in [1.165, 1.54) is 0 Å². The molecule has 0 saturated carbocycles. The molecule has 5 nitrogen and oxygen atoms in total. The summed E-state index contributed by atoms with van der Waals surface area (Å²) in [5, 5.41) is 2.86. The molecule has 0 bridgehead atoms. The Kier molecular flexibility index (Phi) is 3.81. The van der Waals surface area contributed by atoms with Crippen molar-refractivity contribution >= 4 is 5.91 Å². The van der Waals surface area contributed by atoms with Gasteiger partial charge in [-0.25, -0.2) is 0 Å². The smallest absolute Gasteiger partial charge is 0.221 e. The fraction of sp³-hybridized carbons (Fsp3) is 0.583. The highest BCUT2D eigenvalue weighted by molar-refractivity contribution is 5.76. The average Bonchev–Trinajstić information content (AvgIpc) is 2.61. The van der Waals surface area contributed by atoms with E-state index in [1.807, 2.05) is 19.1 Å². The summed E-state index contributed by atoms with van der Waals surface area (Å²) < 4.78 is 5.63. The highest BCUT2D eigenvalue weighted by Gasteiger charge is 2.24. The third kappa shape index (κ3) is 2.87. The topological polar surface area (TPSA) is 71.5 Å². The molecule has 0 spiro atoms. The molecule has 0 radical (unpaired) electrons. The second kappa shape index (κ2) is 5.33. The summed E-state index contributed by atoms with van der Waals surface area (Å²) in [6.07, 6.45) is 0.524. The van der Waals surface area contributed by atoms with Crippen molar-refractivity contribution in [3.8, 4) is 0 Å². The lowest BCUT2D eigenvalue weighted by atomic mass is 10.2. The van der Waals surface area contributed by atoms with Gasteiger partial charge in [0.15, 0.2) is 0 Å². The zero-order valence-electron chi connectivity index (χ0n) is 10.1. The van der Waals surface area contributed by atoms with Crippen molar-refractivity contribution < 1.29 is 9.21 Å². The molecule has 0 aromatic carbocycles. The van der Waals surface area contributed by atoms with Gasteiger partial charge in [0.05, 0.1) is 6.04 Å². The Morgan fingerprint density at radius 3 is 3.00 bits per heavy atom. The second-order valence-corrected chi connectivity index (χ2v) is 4.34. The van der Waals surface area contributed by atoms with Gasteiger partial charge >= 0.3 is 0 Å². The zero-order chi connectivity index (χ0) is 12.3. The number of carbonyl (C=O) groups is 1. The average molecular weight is 237 g/mol. The Hall–Kier alpha value is -1.33. The molecular weight excluding hydrogens is 218 g/mol. The second-order valence-electron chi connectivity index (χ2n) is 4.34. The van der Waals surface area contributed by atoms with Gasteiger partial charge in [-0.2, -0.15) is 0 Å². The van der Waals surface area contributed by atoms with Gasteiger partial charge in [-0.05, 0) is 19.1 Å². The van der Waals surface area contributed by atoms with Gasteiger partial charge < -0.3 is 15.5 Å². The van der Waals surface area contributed by atoms with E-state index in [9.17, 15) is 4.79 Å².